The first kappa shape index (κ1) is 13.3. The zero-order valence-electron chi connectivity index (χ0n) is 10.3. The molecule has 6 heteroatoms. The fourth-order valence-electron chi connectivity index (χ4n) is 2.98. The number of carboxylic acid groups (broad SMARTS) is 1. The second kappa shape index (κ2) is 5.24. The largest absolute Gasteiger partial charge is 0.480 e. The van der Waals surface area contributed by atoms with E-state index in [4.69, 9.17) is 10.8 Å². The molecule has 1 aliphatic carbocycles. The van der Waals surface area contributed by atoms with E-state index in [-0.39, 0.29) is 30.8 Å². The number of nitrogens with two attached hydrogens (primary N) is 1. The van der Waals surface area contributed by atoms with Crippen molar-refractivity contribution < 1.29 is 19.8 Å². The number of carbonyl (C=O) groups is 2. The Morgan fingerprint density at radius 2 is 1.94 bits per heavy atom. The van der Waals surface area contributed by atoms with Gasteiger partial charge in [-0.25, -0.2) is 4.79 Å². The van der Waals surface area contributed by atoms with Crippen LogP contribution < -0.4 is 5.73 Å². The van der Waals surface area contributed by atoms with Gasteiger partial charge in [-0.3, -0.25) is 4.79 Å². The predicted octanol–water partition coefficient (Wildman–Crippen LogP) is -0.450. The summed E-state index contributed by atoms with van der Waals surface area (Å²) in [6.07, 6.45) is 2.62. The molecule has 4 N–H and O–H groups in total. The van der Waals surface area contributed by atoms with Gasteiger partial charge in [-0.15, -0.1) is 0 Å². The van der Waals surface area contributed by atoms with E-state index in [1.807, 2.05) is 0 Å². The highest BCUT2D eigenvalue weighted by atomic mass is 16.4. The summed E-state index contributed by atoms with van der Waals surface area (Å²) in [6, 6.07) is -0.853. The van der Waals surface area contributed by atoms with Gasteiger partial charge < -0.3 is 20.8 Å². The summed E-state index contributed by atoms with van der Waals surface area (Å²) in [5.74, 6) is -1.38. The molecule has 0 aromatic heterocycles. The van der Waals surface area contributed by atoms with Crippen LogP contribution >= 0.6 is 0 Å². The fourth-order valence-corrected chi connectivity index (χ4v) is 2.98. The van der Waals surface area contributed by atoms with Crippen molar-refractivity contribution in [2.24, 2.45) is 11.7 Å². The average Bonchev–Trinajstić information content (AvgIpc) is 2.70. The van der Waals surface area contributed by atoms with Gasteiger partial charge in [0, 0.05) is 24.9 Å². The second-order valence-corrected chi connectivity index (χ2v) is 5.36. The molecule has 0 aromatic rings. The molecule has 0 bridgehead atoms. The number of carbonyl (C=O) groups excluding carboxylic acids is 1. The summed E-state index contributed by atoms with van der Waals surface area (Å²) < 4.78 is 0. The standard InChI is InChI=1S/C12H20N2O4/c13-8-3-1-2-7(4-8)11(16)14-6-9(15)5-10(14)12(17)18/h7-10,15H,1-6,13H2,(H,17,18)/t7?,8?,9-,10-/m0/s1. The number of rotatable bonds is 2. The summed E-state index contributed by atoms with van der Waals surface area (Å²) in [5, 5.41) is 18.6. The molecule has 2 aliphatic rings. The van der Waals surface area contributed by atoms with Crippen LogP contribution in [-0.2, 0) is 9.59 Å². The maximum absolute atomic E-state index is 12.3. The average molecular weight is 256 g/mol. The minimum Gasteiger partial charge on any atom is -0.480 e. The van der Waals surface area contributed by atoms with Gasteiger partial charge >= 0.3 is 5.97 Å². The second-order valence-electron chi connectivity index (χ2n) is 5.36. The van der Waals surface area contributed by atoms with Crippen LogP contribution in [0.15, 0.2) is 0 Å². The van der Waals surface area contributed by atoms with Crippen molar-refractivity contribution in [2.45, 2.75) is 50.3 Å². The van der Waals surface area contributed by atoms with Crippen LogP contribution in [0.3, 0.4) is 0 Å². The Balaban J connectivity index is 2.05. The van der Waals surface area contributed by atoms with Crippen molar-refractivity contribution in [1.29, 1.82) is 0 Å². The van der Waals surface area contributed by atoms with Crippen molar-refractivity contribution in [1.82, 2.24) is 4.90 Å². The van der Waals surface area contributed by atoms with E-state index in [2.05, 4.69) is 0 Å². The van der Waals surface area contributed by atoms with Gasteiger partial charge in [-0.05, 0) is 19.3 Å². The lowest BCUT2D eigenvalue weighted by Crippen LogP contribution is -2.45. The SMILES string of the molecule is NC1CCCC(C(=O)N2C[C@@H](O)C[C@H]2C(=O)O)C1. The zero-order valence-corrected chi connectivity index (χ0v) is 10.3. The lowest BCUT2D eigenvalue weighted by atomic mass is 9.85. The number of nitrogens with zero attached hydrogens (tertiary/aromatic N) is 1. The number of aliphatic hydroxyl groups is 1. The highest BCUT2D eigenvalue weighted by Gasteiger charge is 2.41. The molecule has 102 valence electrons. The minimum absolute atomic E-state index is 0.0310. The summed E-state index contributed by atoms with van der Waals surface area (Å²) in [7, 11) is 0. The van der Waals surface area contributed by atoms with Gasteiger partial charge in [-0.2, -0.15) is 0 Å². The number of hydrogen-bond donors (Lipinski definition) is 3. The van der Waals surface area contributed by atoms with Crippen molar-refractivity contribution in [3.63, 3.8) is 0 Å². The van der Waals surface area contributed by atoms with Crippen LogP contribution in [0, 0.1) is 5.92 Å². The van der Waals surface area contributed by atoms with Gasteiger partial charge in [0.15, 0.2) is 0 Å². The first-order valence-corrected chi connectivity index (χ1v) is 6.46. The monoisotopic (exact) mass is 256 g/mol. The summed E-state index contributed by atoms with van der Waals surface area (Å²) >= 11 is 0. The molecule has 1 aliphatic heterocycles. The summed E-state index contributed by atoms with van der Waals surface area (Å²) in [5.41, 5.74) is 5.85. The smallest absolute Gasteiger partial charge is 0.326 e. The molecule has 2 fully saturated rings. The van der Waals surface area contributed by atoms with Crippen molar-refractivity contribution in [3.05, 3.63) is 0 Å². The normalized spacial score (nSPS) is 36.7. The maximum Gasteiger partial charge on any atom is 0.326 e. The van der Waals surface area contributed by atoms with Crippen LogP contribution in [0.25, 0.3) is 0 Å². The molecule has 1 saturated heterocycles. The number of carboxylic acids is 1. The number of aliphatic carboxylic acids is 1. The molecular formula is C12H20N2O4. The Bertz CT molecular complexity index is 347. The van der Waals surface area contributed by atoms with E-state index >= 15 is 0 Å². The quantitative estimate of drug-likeness (QED) is 0.621. The van der Waals surface area contributed by atoms with Crippen molar-refractivity contribution >= 4 is 11.9 Å². The Kier molecular flexibility index (Phi) is 3.87. The van der Waals surface area contributed by atoms with E-state index in [1.165, 1.54) is 4.90 Å². The van der Waals surface area contributed by atoms with E-state index in [0.29, 0.717) is 6.42 Å². The van der Waals surface area contributed by atoms with Crippen LogP contribution in [0.2, 0.25) is 0 Å². The van der Waals surface area contributed by atoms with E-state index in [0.717, 1.165) is 19.3 Å². The fraction of sp³-hybridized carbons (Fsp3) is 0.833. The topological polar surface area (TPSA) is 104 Å². The third kappa shape index (κ3) is 2.64. The molecule has 6 nitrogen and oxygen atoms in total. The Morgan fingerprint density at radius 3 is 2.56 bits per heavy atom. The third-order valence-corrected chi connectivity index (χ3v) is 3.91. The molecule has 0 radical (unpaired) electrons. The van der Waals surface area contributed by atoms with Crippen LogP contribution in [0.1, 0.15) is 32.1 Å². The number of hydrogen-bond acceptors (Lipinski definition) is 4. The van der Waals surface area contributed by atoms with Gasteiger partial charge in [-0.1, -0.05) is 6.42 Å². The molecule has 2 unspecified atom stereocenters. The molecule has 18 heavy (non-hydrogen) atoms. The number of amides is 1. The number of likely N-dealkylation sites (tertiary alicyclic amines) is 1. The Hall–Kier alpha value is -1.14. The van der Waals surface area contributed by atoms with Gasteiger partial charge in [0.1, 0.15) is 6.04 Å². The van der Waals surface area contributed by atoms with Crippen LogP contribution in [0.5, 0.6) is 0 Å². The Labute approximate surface area is 106 Å². The van der Waals surface area contributed by atoms with Gasteiger partial charge in [0.05, 0.1) is 6.10 Å². The highest BCUT2D eigenvalue weighted by molar-refractivity contribution is 5.86. The molecule has 4 atom stereocenters. The number of β-amino-alcohol motifs (C(OH)–C–C–N with tert-alkyl or cyclic N) is 1. The summed E-state index contributed by atoms with van der Waals surface area (Å²) in [6.45, 7) is 0.127. The molecule has 0 spiro atoms. The molecular weight excluding hydrogens is 236 g/mol. The predicted molar refractivity (Wildman–Crippen MR) is 63.7 cm³/mol. The number of aliphatic hydroxyl groups excluding tert-OH is 1. The van der Waals surface area contributed by atoms with E-state index in [9.17, 15) is 14.7 Å². The highest BCUT2D eigenvalue weighted by Crippen LogP contribution is 2.28. The van der Waals surface area contributed by atoms with Crippen molar-refractivity contribution in [2.75, 3.05) is 6.54 Å². The van der Waals surface area contributed by atoms with Gasteiger partial charge in [0.2, 0.25) is 5.91 Å². The van der Waals surface area contributed by atoms with Crippen molar-refractivity contribution in [3.8, 4) is 0 Å². The molecule has 1 amide bonds. The zero-order chi connectivity index (χ0) is 13.3. The first-order chi connectivity index (χ1) is 8.49. The van der Waals surface area contributed by atoms with Gasteiger partial charge in [0.25, 0.3) is 0 Å². The van der Waals surface area contributed by atoms with Crippen LogP contribution in [-0.4, -0.2) is 51.7 Å². The molecule has 0 aromatic carbocycles. The lowest BCUT2D eigenvalue weighted by molar-refractivity contribution is -0.150. The minimum atomic E-state index is -1.04. The Morgan fingerprint density at radius 1 is 1.22 bits per heavy atom. The molecule has 2 rings (SSSR count). The van der Waals surface area contributed by atoms with Crippen LogP contribution in [0.4, 0.5) is 0 Å². The molecule has 1 saturated carbocycles. The first-order valence-electron chi connectivity index (χ1n) is 6.46. The molecule has 1 heterocycles. The van der Waals surface area contributed by atoms with E-state index < -0.39 is 18.1 Å². The maximum atomic E-state index is 12.3. The van der Waals surface area contributed by atoms with E-state index in [1.54, 1.807) is 0 Å². The third-order valence-electron chi connectivity index (χ3n) is 3.91. The summed E-state index contributed by atoms with van der Waals surface area (Å²) in [4.78, 5) is 24.7. The lowest BCUT2D eigenvalue weighted by Gasteiger charge is -2.31.